The molecule has 1 amide bonds. The molecule has 0 saturated heterocycles. The van der Waals surface area contributed by atoms with Gasteiger partial charge in [-0.25, -0.2) is 4.39 Å². The summed E-state index contributed by atoms with van der Waals surface area (Å²) in [6.07, 6.45) is 0. The quantitative estimate of drug-likeness (QED) is 0.741. The van der Waals surface area contributed by atoms with E-state index in [1.165, 1.54) is 0 Å². The summed E-state index contributed by atoms with van der Waals surface area (Å²) in [5, 5.41) is 8.92. The Kier molecular flexibility index (Phi) is 3.86. The Morgan fingerprint density at radius 3 is 2.45 bits per heavy atom. The number of benzene rings is 2. The van der Waals surface area contributed by atoms with Gasteiger partial charge in [-0.3, -0.25) is 4.79 Å². The first kappa shape index (κ1) is 13.8. The molecule has 0 saturated carbocycles. The van der Waals surface area contributed by atoms with Crippen molar-refractivity contribution in [3.63, 3.8) is 0 Å². The molecule has 0 aromatic heterocycles. The molecule has 0 spiro atoms. The zero-order chi connectivity index (χ0) is 14.7. The highest BCUT2D eigenvalue weighted by molar-refractivity contribution is 5.98. The van der Waals surface area contributed by atoms with Gasteiger partial charge in [0.05, 0.1) is 12.2 Å². The minimum absolute atomic E-state index is 0.00613. The summed E-state index contributed by atoms with van der Waals surface area (Å²) in [6, 6.07) is 8.57. The lowest BCUT2D eigenvalue weighted by atomic mass is 10.1. The molecule has 0 unspecified atom stereocenters. The monoisotopic (exact) mass is 276 g/mol. The van der Waals surface area contributed by atoms with Crippen LogP contribution < -0.4 is 16.2 Å². The first-order valence-electron chi connectivity index (χ1n) is 5.77. The number of carbonyl (C=O) groups is 1. The number of aliphatic hydroxyl groups is 1. The largest absolute Gasteiger partial charge is 0.454 e. The summed E-state index contributed by atoms with van der Waals surface area (Å²) in [5.74, 6) is -1.24. The van der Waals surface area contributed by atoms with Gasteiger partial charge >= 0.3 is 0 Å². The first-order valence-corrected chi connectivity index (χ1v) is 5.77. The van der Waals surface area contributed by atoms with Crippen molar-refractivity contribution in [3.8, 4) is 11.5 Å². The van der Waals surface area contributed by atoms with Gasteiger partial charge < -0.3 is 21.3 Å². The highest BCUT2D eigenvalue weighted by Crippen LogP contribution is 2.28. The summed E-state index contributed by atoms with van der Waals surface area (Å²) >= 11 is 0. The number of anilines is 1. The van der Waals surface area contributed by atoms with E-state index < -0.39 is 11.7 Å². The van der Waals surface area contributed by atoms with Crippen LogP contribution in [0.2, 0.25) is 0 Å². The second-order valence-corrected chi connectivity index (χ2v) is 4.14. The second-order valence-electron chi connectivity index (χ2n) is 4.14. The molecule has 2 aromatic rings. The number of aliphatic hydroxyl groups excluding tert-OH is 1. The molecular formula is C14H13FN2O3. The molecule has 0 bridgehead atoms. The molecule has 0 aliphatic rings. The number of ether oxygens (including phenoxy) is 1. The van der Waals surface area contributed by atoms with Gasteiger partial charge in [0.15, 0.2) is 11.6 Å². The van der Waals surface area contributed by atoms with Crippen LogP contribution in [0.1, 0.15) is 15.9 Å². The van der Waals surface area contributed by atoms with Crippen LogP contribution in [0.15, 0.2) is 36.4 Å². The fourth-order valence-corrected chi connectivity index (χ4v) is 1.65. The van der Waals surface area contributed by atoms with Crippen molar-refractivity contribution in [2.75, 3.05) is 5.73 Å². The van der Waals surface area contributed by atoms with Gasteiger partial charge in [0.2, 0.25) is 0 Å². The lowest BCUT2D eigenvalue weighted by molar-refractivity contribution is 0.100. The van der Waals surface area contributed by atoms with E-state index in [1.54, 1.807) is 24.3 Å². The van der Waals surface area contributed by atoms with Crippen molar-refractivity contribution < 1.29 is 19.0 Å². The molecule has 0 aliphatic carbocycles. The molecule has 0 aliphatic heterocycles. The number of amides is 1. The van der Waals surface area contributed by atoms with Crippen molar-refractivity contribution >= 4 is 11.6 Å². The summed E-state index contributed by atoms with van der Waals surface area (Å²) in [7, 11) is 0. The minimum atomic E-state index is -0.761. The van der Waals surface area contributed by atoms with Crippen molar-refractivity contribution in [2.24, 2.45) is 5.73 Å². The normalized spacial score (nSPS) is 10.3. The van der Waals surface area contributed by atoms with Crippen LogP contribution in [0.3, 0.4) is 0 Å². The van der Waals surface area contributed by atoms with Gasteiger partial charge in [-0.15, -0.1) is 0 Å². The number of primary amides is 1. The molecule has 5 N–H and O–H groups in total. The van der Waals surface area contributed by atoms with Gasteiger partial charge in [0.1, 0.15) is 5.75 Å². The molecule has 5 nitrogen and oxygen atoms in total. The van der Waals surface area contributed by atoms with E-state index in [-0.39, 0.29) is 23.6 Å². The highest BCUT2D eigenvalue weighted by Gasteiger charge is 2.13. The van der Waals surface area contributed by atoms with Crippen LogP contribution in [0.4, 0.5) is 10.1 Å². The van der Waals surface area contributed by atoms with Crippen LogP contribution >= 0.6 is 0 Å². The first-order chi connectivity index (χ1) is 9.51. The van der Waals surface area contributed by atoms with Crippen molar-refractivity contribution in [1.29, 1.82) is 0 Å². The van der Waals surface area contributed by atoms with Gasteiger partial charge in [-0.2, -0.15) is 0 Å². The SMILES string of the molecule is NC(=O)c1cc(Oc2ccc(CO)cc2)c(F)cc1N. The van der Waals surface area contributed by atoms with E-state index in [4.69, 9.17) is 21.3 Å². The fourth-order valence-electron chi connectivity index (χ4n) is 1.65. The van der Waals surface area contributed by atoms with Crippen LogP contribution in [0.25, 0.3) is 0 Å². The minimum Gasteiger partial charge on any atom is -0.454 e. The molecule has 20 heavy (non-hydrogen) atoms. The predicted octanol–water partition coefficient (Wildman–Crippen LogP) is 1.79. The Labute approximate surface area is 114 Å². The van der Waals surface area contributed by atoms with E-state index >= 15 is 0 Å². The summed E-state index contributed by atoms with van der Waals surface area (Å²) in [5.41, 5.74) is 11.3. The van der Waals surface area contributed by atoms with Gasteiger partial charge in [-0.1, -0.05) is 12.1 Å². The molecule has 2 rings (SSSR count). The molecule has 2 aromatic carbocycles. The maximum Gasteiger partial charge on any atom is 0.250 e. The fraction of sp³-hybridized carbons (Fsp3) is 0.0714. The molecular weight excluding hydrogens is 263 g/mol. The number of carbonyl (C=O) groups excluding carboxylic acids is 1. The number of rotatable bonds is 4. The third kappa shape index (κ3) is 2.86. The number of nitrogen functional groups attached to an aromatic ring is 1. The molecule has 6 heteroatoms. The zero-order valence-corrected chi connectivity index (χ0v) is 10.5. The Bertz CT molecular complexity index is 642. The zero-order valence-electron chi connectivity index (χ0n) is 10.5. The maximum absolute atomic E-state index is 13.7. The molecule has 0 heterocycles. The number of nitrogens with two attached hydrogens (primary N) is 2. The molecule has 0 radical (unpaired) electrons. The standard InChI is InChI=1S/C14H13FN2O3/c15-11-6-12(16)10(14(17)19)5-13(11)20-9-3-1-8(7-18)2-4-9/h1-6,18H,7,16H2,(H2,17,19). The Balaban J connectivity index is 2.32. The van der Waals surface area contributed by atoms with E-state index in [0.29, 0.717) is 11.3 Å². The Morgan fingerprint density at radius 1 is 1.25 bits per heavy atom. The van der Waals surface area contributed by atoms with E-state index in [1.807, 2.05) is 0 Å². The van der Waals surface area contributed by atoms with E-state index in [0.717, 1.165) is 12.1 Å². The predicted molar refractivity (Wildman–Crippen MR) is 71.8 cm³/mol. The van der Waals surface area contributed by atoms with E-state index in [2.05, 4.69) is 0 Å². The van der Waals surface area contributed by atoms with Crippen molar-refractivity contribution in [1.82, 2.24) is 0 Å². The summed E-state index contributed by atoms with van der Waals surface area (Å²) in [6.45, 7) is -0.0949. The lowest BCUT2D eigenvalue weighted by Gasteiger charge is -2.10. The summed E-state index contributed by atoms with van der Waals surface area (Å²) in [4.78, 5) is 11.2. The Morgan fingerprint density at radius 2 is 1.90 bits per heavy atom. The second kappa shape index (κ2) is 5.58. The summed E-state index contributed by atoms with van der Waals surface area (Å²) < 4.78 is 19.1. The van der Waals surface area contributed by atoms with Crippen LogP contribution in [-0.2, 0) is 6.61 Å². The molecule has 0 fully saturated rings. The van der Waals surface area contributed by atoms with Crippen LogP contribution in [-0.4, -0.2) is 11.0 Å². The third-order valence-electron chi connectivity index (χ3n) is 2.70. The Hall–Kier alpha value is -2.60. The average Bonchev–Trinajstić information content (AvgIpc) is 2.42. The van der Waals surface area contributed by atoms with Gasteiger partial charge in [-0.05, 0) is 23.8 Å². The van der Waals surface area contributed by atoms with Crippen molar-refractivity contribution in [2.45, 2.75) is 6.61 Å². The molecule has 104 valence electrons. The third-order valence-corrected chi connectivity index (χ3v) is 2.70. The van der Waals surface area contributed by atoms with Gasteiger partial charge in [0.25, 0.3) is 5.91 Å². The maximum atomic E-state index is 13.7. The van der Waals surface area contributed by atoms with Crippen LogP contribution in [0, 0.1) is 5.82 Å². The van der Waals surface area contributed by atoms with Gasteiger partial charge in [0, 0.05) is 11.8 Å². The van der Waals surface area contributed by atoms with Crippen LogP contribution in [0.5, 0.6) is 11.5 Å². The topological polar surface area (TPSA) is 98.6 Å². The van der Waals surface area contributed by atoms with E-state index in [9.17, 15) is 9.18 Å². The number of hydrogen-bond donors (Lipinski definition) is 3. The van der Waals surface area contributed by atoms with Crippen molar-refractivity contribution in [3.05, 3.63) is 53.3 Å². The number of halogens is 1. The lowest BCUT2D eigenvalue weighted by Crippen LogP contribution is -2.14. The number of hydrogen-bond acceptors (Lipinski definition) is 4. The highest BCUT2D eigenvalue weighted by atomic mass is 19.1. The average molecular weight is 276 g/mol. The molecule has 0 atom stereocenters. The smallest absolute Gasteiger partial charge is 0.250 e.